The summed E-state index contributed by atoms with van der Waals surface area (Å²) in [5, 5.41) is 3.05. The number of ether oxygens (including phenoxy) is 2. The van der Waals surface area contributed by atoms with E-state index in [9.17, 15) is 4.79 Å². The Labute approximate surface area is 205 Å². The van der Waals surface area contributed by atoms with Gasteiger partial charge in [-0.2, -0.15) is 0 Å². The first-order valence-corrected chi connectivity index (χ1v) is 12.1. The number of carbonyl (C=O) groups is 1. The van der Waals surface area contributed by atoms with Crippen molar-refractivity contribution in [2.45, 2.75) is 25.9 Å². The summed E-state index contributed by atoms with van der Waals surface area (Å²) in [6.45, 7) is 4.55. The largest absolute Gasteiger partial charge is 0.497 e. The molecule has 0 unspecified atom stereocenters. The third-order valence-corrected chi connectivity index (χ3v) is 6.47. The Balaban J connectivity index is 1.37. The smallest absolute Gasteiger partial charge is 0.317 e. The number of nitrogens with zero attached hydrogens (tertiary/aromatic N) is 4. The number of hydrogen-bond donors (Lipinski definition) is 1. The van der Waals surface area contributed by atoms with Crippen LogP contribution in [0, 0.1) is 0 Å². The standard InChI is InChI=1S/C27H31N5O3/c1-34-22-9-5-8-21(16-22)17-25-29-24-10-11-32(27(33)28-18-20-6-3-2-4-7-20)19-23(24)26(30-25)31-12-14-35-15-13-31/h2-9,16H,10-15,17-19H2,1H3,(H,28,33). The van der Waals surface area contributed by atoms with Crippen molar-refractivity contribution >= 4 is 11.8 Å². The lowest BCUT2D eigenvalue weighted by Crippen LogP contribution is -2.44. The van der Waals surface area contributed by atoms with E-state index in [-0.39, 0.29) is 6.03 Å². The molecule has 1 fully saturated rings. The second kappa shape index (κ2) is 10.7. The lowest BCUT2D eigenvalue weighted by atomic mass is 10.0. The minimum atomic E-state index is -0.0621. The predicted molar refractivity (Wildman–Crippen MR) is 134 cm³/mol. The summed E-state index contributed by atoms with van der Waals surface area (Å²) in [6.07, 6.45) is 1.34. The average molecular weight is 474 g/mol. The number of aromatic nitrogens is 2. The van der Waals surface area contributed by atoms with E-state index in [0.29, 0.717) is 45.7 Å². The molecule has 0 atom stereocenters. The zero-order chi connectivity index (χ0) is 24.0. The number of rotatable bonds is 6. The molecule has 182 valence electrons. The summed E-state index contributed by atoms with van der Waals surface area (Å²) < 4.78 is 11.0. The van der Waals surface area contributed by atoms with Crippen molar-refractivity contribution in [1.29, 1.82) is 0 Å². The zero-order valence-corrected chi connectivity index (χ0v) is 20.1. The second-order valence-electron chi connectivity index (χ2n) is 8.83. The molecular formula is C27H31N5O3. The molecule has 2 aliphatic rings. The fourth-order valence-corrected chi connectivity index (χ4v) is 4.59. The number of benzene rings is 2. The van der Waals surface area contributed by atoms with Gasteiger partial charge in [-0.05, 0) is 23.3 Å². The maximum atomic E-state index is 13.0. The number of fused-ring (bicyclic) bond motifs is 1. The van der Waals surface area contributed by atoms with Gasteiger partial charge in [-0.1, -0.05) is 42.5 Å². The van der Waals surface area contributed by atoms with Crippen LogP contribution in [0.1, 0.15) is 28.2 Å². The summed E-state index contributed by atoms with van der Waals surface area (Å²) in [7, 11) is 1.67. The van der Waals surface area contributed by atoms with Gasteiger partial charge in [0.25, 0.3) is 0 Å². The van der Waals surface area contributed by atoms with E-state index in [1.165, 1.54) is 0 Å². The molecule has 0 bridgehead atoms. The summed E-state index contributed by atoms with van der Waals surface area (Å²) >= 11 is 0. The number of morpholine rings is 1. The van der Waals surface area contributed by atoms with Crippen molar-refractivity contribution in [3.8, 4) is 5.75 Å². The van der Waals surface area contributed by atoms with Crippen LogP contribution in [0.4, 0.5) is 10.6 Å². The van der Waals surface area contributed by atoms with Gasteiger partial charge >= 0.3 is 6.03 Å². The number of nitrogens with one attached hydrogen (secondary N) is 1. The van der Waals surface area contributed by atoms with Crippen LogP contribution in [-0.2, 0) is 30.7 Å². The first-order chi connectivity index (χ1) is 17.2. The molecule has 5 rings (SSSR count). The van der Waals surface area contributed by atoms with Crippen molar-refractivity contribution in [3.63, 3.8) is 0 Å². The maximum Gasteiger partial charge on any atom is 0.317 e. The second-order valence-corrected chi connectivity index (χ2v) is 8.83. The van der Waals surface area contributed by atoms with Crippen LogP contribution in [-0.4, -0.2) is 60.9 Å². The number of amides is 2. The molecule has 3 aromatic rings. The Bertz CT molecular complexity index is 1160. The van der Waals surface area contributed by atoms with Gasteiger partial charge in [-0.25, -0.2) is 14.8 Å². The maximum absolute atomic E-state index is 13.0. The molecule has 8 nitrogen and oxygen atoms in total. The van der Waals surface area contributed by atoms with Crippen LogP contribution < -0.4 is 15.0 Å². The first kappa shape index (κ1) is 23.1. The molecule has 0 aliphatic carbocycles. The molecule has 3 heterocycles. The van der Waals surface area contributed by atoms with Crippen molar-refractivity contribution < 1.29 is 14.3 Å². The van der Waals surface area contributed by atoms with Crippen LogP contribution in [0.25, 0.3) is 0 Å². The highest BCUT2D eigenvalue weighted by molar-refractivity contribution is 5.75. The van der Waals surface area contributed by atoms with Crippen LogP contribution in [0.15, 0.2) is 54.6 Å². The van der Waals surface area contributed by atoms with Gasteiger partial charge in [0.2, 0.25) is 0 Å². The van der Waals surface area contributed by atoms with Gasteiger partial charge in [-0.15, -0.1) is 0 Å². The van der Waals surface area contributed by atoms with Crippen molar-refractivity contribution in [2.75, 3.05) is 44.9 Å². The van der Waals surface area contributed by atoms with Gasteiger partial charge in [0.1, 0.15) is 17.4 Å². The van der Waals surface area contributed by atoms with Crippen LogP contribution >= 0.6 is 0 Å². The van der Waals surface area contributed by atoms with Gasteiger partial charge in [0.05, 0.1) is 32.6 Å². The Kier molecular flexibility index (Phi) is 7.09. The zero-order valence-electron chi connectivity index (χ0n) is 20.1. The Morgan fingerprint density at radius 3 is 2.63 bits per heavy atom. The fraction of sp³-hybridized carbons (Fsp3) is 0.370. The highest BCUT2D eigenvalue weighted by Crippen LogP contribution is 2.28. The third kappa shape index (κ3) is 5.54. The molecule has 35 heavy (non-hydrogen) atoms. The number of hydrogen-bond acceptors (Lipinski definition) is 6. The minimum Gasteiger partial charge on any atom is -0.497 e. The number of urea groups is 1. The normalized spacial score (nSPS) is 15.5. The van der Waals surface area contributed by atoms with E-state index < -0.39 is 0 Å². The van der Waals surface area contributed by atoms with E-state index in [1.54, 1.807) is 7.11 Å². The van der Waals surface area contributed by atoms with Crippen LogP contribution in [0.3, 0.4) is 0 Å². The molecule has 0 saturated carbocycles. The number of methoxy groups -OCH3 is 1. The highest BCUT2D eigenvalue weighted by Gasteiger charge is 2.28. The van der Waals surface area contributed by atoms with E-state index in [4.69, 9.17) is 19.4 Å². The lowest BCUT2D eigenvalue weighted by molar-refractivity contribution is 0.122. The fourth-order valence-electron chi connectivity index (χ4n) is 4.59. The third-order valence-electron chi connectivity index (χ3n) is 6.47. The molecule has 8 heteroatoms. The lowest BCUT2D eigenvalue weighted by Gasteiger charge is -2.34. The summed E-state index contributed by atoms with van der Waals surface area (Å²) in [4.78, 5) is 27.0. The molecule has 2 amide bonds. The van der Waals surface area contributed by atoms with Gasteiger partial charge in [-0.3, -0.25) is 0 Å². The molecular weight excluding hydrogens is 442 g/mol. The van der Waals surface area contributed by atoms with Gasteiger partial charge in [0.15, 0.2) is 0 Å². The molecule has 2 aromatic carbocycles. The van der Waals surface area contributed by atoms with Crippen LogP contribution in [0.5, 0.6) is 5.75 Å². The molecule has 1 N–H and O–H groups in total. The number of carbonyl (C=O) groups excluding carboxylic acids is 1. The molecule has 2 aliphatic heterocycles. The summed E-state index contributed by atoms with van der Waals surface area (Å²) in [6, 6.07) is 17.9. The van der Waals surface area contributed by atoms with E-state index in [0.717, 1.165) is 52.9 Å². The molecule has 1 aromatic heterocycles. The molecule has 1 saturated heterocycles. The van der Waals surface area contributed by atoms with Crippen molar-refractivity contribution in [3.05, 3.63) is 82.8 Å². The summed E-state index contributed by atoms with van der Waals surface area (Å²) in [5.74, 6) is 2.54. The molecule has 0 spiro atoms. The van der Waals surface area contributed by atoms with Crippen molar-refractivity contribution in [2.24, 2.45) is 0 Å². The minimum absolute atomic E-state index is 0.0621. The summed E-state index contributed by atoms with van der Waals surface area (Å²) in [5.41, 5.74) is 4.27. The number of anilines is 1. The Morgan fingerprint density at radius 2 is 1.83 bits per heavy atom. The first-order valence-electron chi connectivity index (χ1n) is 12.1. The Morgan fingerprint density at radius 1 is 1.03 bits per heavy atom. The SMILES string of the molecule is COc1cccc(Cc2nc3c(c(N4CCOCC4)n2)CN(C(=O)NCc2ccccc2)CC3)c1. The van der Waals surface area contributed by atoms with E-state index in [1.807, 2.05) is 53.4 Å². The van der Waals surface area contributed by atoms with Gasteiger partial charge < -0.3 is 24.6 Å². The monoisotopic (exact) mass is 473 g/mol. The Hall–Kier alpha value is -3.65. The average Bonchev–Trinajstić information content (AvgIpc) is 2.92. The van der Waals surface area contributed by atoms with E-state index >= 15 is 0 Å². The highest BCUT2D eigenvalue weighted by atomic mass is 16.5. The van der Waals surface area contributed by atoms with Crippen LogP contribution in [0.2, 0.25) is 0 Å². The quantitative estimate of drug-likeness (QED) is 0.592. The molecule has 0 radical (unpaired) electrons. The van der Waals surface area contributed by atoms with Crippen molar-refractivity contribution in [1.82, 2.24) is 20.2 Å². The van der Waals surface area contributed by atoms with E-state index in [2.05, 4.69) is 16.3 Å². The van der Waals surface area contributed by atoms with Gasteiger partial charge in [0, 0.05) is 44.6 Å². The predicted octanol–water partition coefficient (Wildman–Crippen LogP) is 3.18. The topological polar surface area (TPSA) is 79.8 Å².